The molecule has 7 heteroatoms. The molecule has 1 fully saturated rings. The van der Waals surface area contributed by atoms with Crippen LogP contribution in [0.15, 0.2) is 0 Å². The van der Waals surface area contributed by atoms with E-state index < -0.39 is 11.7 Å². The Kier molecular flexibility index (Phi) is 6.20. The van der Waals surface area contributed by atoms with Gasteiger partial charge in [0.15, 0.2) is 0 Å². The highest BCUT2D eigenvalue weighted by atomic mass is 16.6. The molecule has 1 saturated heterocycles. The summed E-state index contributed by atoms with van der Waals surface area (Å²) < 4.78 is 14.7. The van der Waals surface area contributed by atoms with Crippen LogP contribution in [0.5, 0.6) is 0 Å². The minimum absolute atomic E-state index is 0.140. The zero-order chi connectivity index (χ0) is 16.9. The molecule has 126 valence electrons. The van der Waals surface area contributed by atoms with Gasteiger partial charge in [-0.25, -0.2) is 4.79 Å². The third kappa shape index (κ3) is 5.54. The lowest BCUT2D eigenvalue weighted by molar-refractivity contribution is -0.144. The molecule has 22 heavy (non-hydrogen) atoms. The second kappa shape index (κ2) is 7.47. The summed E-state index contributed by atoms with van der Waals surface area (Å²) in [5.41, 5.74) is -0.588. The number of carbonyl (C=O) groups is 3. The molecular formula is C15H25NO6. The lowest BCUT2D eigenvalue weighted by Gasteiger charge is -2.24. The van der Waals surface area contributed by atoms with Crippen molar-refractivity contribution in [3.05, 3.63) is 0 Å². The first-order valence-electron chi connectivity index (χ1n) is 7.27. The van der Waals surface area contributed by atoms with E-state index in [1.54, 1.807) is 20.8 Å². The molecule has 0 spiro atoms. The van der Waals surface area contributed by atoms with Crippen LogP contribution >= 0.6 is 0 Å². The Labute approximate surface area is 130 Å². The average molecular weight is 315 g/mol. The van der Waals surface area contributed by atoms with Gasteiger partial charge in [0, 0.05) is 13.1 Å². The van der Waals surface area contributed by atoms with Gasteiger partial charge in [0.05, 0.1) is 27.1 Å². The molecule has 7 nitrogen and oxygen atoms in total. The van der Waals surface area contributed by atoms with E-state index in [9.17, 15) is 14.4 Å². The molecule has 0 aliphatic carbocycles. The summed E-state index contributed by atoms with van der Waals surface area (Å²) in [6, 6.07) is 0. The van der Waals surface area contributed by atoms with Crippen LogP contribution in [0.25, 0.3) is 0 Å². The summed E-state index contributed by atoms with van der Waals surface area (Å²) in [7, 11) is 2.64. The third-order valence-electron chi connectivity index (χ3n) is 3.54. The highest BCUT2D eigenvalue weighted by molar-refractivity contribution is 5.73. The van der Waals surface area contributed by atoms with Crippen LogP contribution in [-0.4, -0.2) is 55.8 Å². The van der Waals surface area contributed by atoms with Crippen LogP contribution < -0.4 is 0 Å². The van der Waals surface area contributed by atoms with Gasteiger partial charge in [0.1, 0.15) is 5.60 Å². The van der Waals surface area contributed by atoms with Crippen molar-refractivity contribution in [3.8, 4) is 0 Å². The van der Waals surface area contributed by atoms with Gasteiger partial charge in [-0.3, -0.25) is 9.59 Å². The number of rotatable bonds is 4. The Hall–Kier alpha value is -1.79. The predicted molar refractivity (Wildman–Crippen MR) is 78.1 cm³/mol. The van der Waals surface area contributed by atoms with E-state index in [0.29, 0.717) is 13.1 Å². The van der Waals surface area contributed by atoms with Crippen LogP contribution in [0, 0.1) is 11.8 Å². The Morgan fingerprint density at radius 2 is 1.36 bits per heavy atom. The first-order chi connectivity index (χ1) is 10.2. The van der Waals surface area contributed by atoms with Gasteiger partial charge in [0.25, 0.3) is 0 Å². The fraction of sp³-hybridized carbons (Fsp3) is 0.800. The number of carbonyl (C=O) groups excluding carboxylic acids is 3. The molecule has 2 unspecified atom stereocenters. The molecule has 1 rings (SSSR count). The molecule has 1 heterocycles. The van der Waals surface area contributed by atoms with E-state index in [4.69, 9.17) is 4.74 Å². The number of likely N-dealkylation sites (tertiary alicyclic amines) is 1. The molecule has 0 aromatic carbocycles. The molecule has 0 bridgehead atoms. The van der Waals surface area contributed by atoms with Gasteiger partial charge in [-0.05, 0) is 32.6 Å². The first-order valence-corrected chi connectivity index (χ1v) is 7.27. The van der Waals surface area contributed by atoms with Crippen molar-refractivity contribution in [2.24, 2.45) is 11.8 Å². The third-order valence-corrected chi connectivity index (χ3v) is 3.54. The first kappa shape index (κ1) is 18.3. The normalized spacial score (nSPS) is 21.4. The van der Waals surface area contributed by atoms with E-state index in [2.05, 4.69) is 9.47 Å². The van der Waals surface area contributed by atoms with Crippen LogP contribution in [0.4, 0.5) is 4.79 Å². The van der Waals surface area contributed by atoms with Gasteiger partial charge in [-0.1, -0.05) is 0 Å². The fourth-order valence-corrected chi connectivity index (χ4v) is 2.47. The standard InChI is InChI=1S/C15H25NO6/c1-15(2,3)22-14(19)16-8-10(6-12(17)20-4)11(9-16)7-13(18)21-5/h10-11H,6-9H2,1-5H3. The molecule has 0 aromatic rings. The van der Waals surface area contributed by atoms with E-state index in [1.807, 2.05) is 0 Å². The summed E-state index contributed by atoms with van der Waals surface area (Å²) in [5, 5.41) is 0. The molecule has 0 aromatic heterocycles. The summed E-state index contributed by atoms with van der Waals surface area (Å²) >= 11 is 0. The lowest BCUT2D eigenvalue weighted by atomic mass is 9.90. The van der Waals surface area contributed by atoms with Crippen molar-refractivity contribution in [1.29, 1.82) is 0 Å². The second-order valence-corrected chi connectivity index (χ2v) is 6.47. The van der Waals surface area contributed by atoms with Crippen LogP contribution in [-0.2, 0) is 23.8 Å². The van der Waals surface area contributed by atoms with Crippen molar-refractivity contribution in [2.45, 2.75) is 39.2 Å². The average Bonchev–Trinajstić information content (AvgIpc) is 2.79. The Balaban J connectivity index is 2.74. The monoisotopic (exact) mass is 315 g/mol. The van der Waals surface area contributed by atoms with E-state index in [-0.39, 0.29) is 36.6 Å². The molecular weight excluding hydrogens is 290 g/mol. The van der Waals surface area contributed by atoms with Crippen molar-refractivity contribution in [2.75, 3.05) is 27.3 Å². The molecule has 2 atom stereocenters. The molecule has 0 saturated carbocycles. The molecule has 1 amide bonds. The van der Waals surface area contributed by atoms with Gasteiger partial charge >= 0.3 is 18.0 Å². The zero-order valence-corrected chi connectivity index (χ0v) is 13.9. The smallest absolute Gasteiger partial charge is 0.410 e. The fourth-order valence-electron chi connectivity index (χ4n) is 2.47. The van der Waals surface area contributed by atoms with Crippen LogP contribution in [0.1, 0.15) is 33.6 Å². The maximum atomic E-state index is 12.1. The van der Waals surface area contributed by atoms with E-state index in [1.165, 1.54) is 19.1 Å². The number of hydrogen-bond donors (Lipinski definition) is 0. The number of ether oxygens (including phenoxy) is 3. The molecule has 0 N–H and O–H groups in total. The van der Waals surface area contributed by atoms with E-state index in [0.717, 1.165) is 0 Å². The van der Waals surface area contributed by atoms with Gasteiger partial charge < -0.3 is 19.1 Å². The highest BCUT2D eigenvalue weighted by Gasteiger charge is 2.39. The quantitative estimate of drug-likeness (QED) is 0.579. The predicted octanol–water partition coefficient (Wildman–Crippen LogP) is 1.60. The number of methoxy groups -OCH3 is 2. The summed E-state index contributed by atoms with van der Waals surface area (Å²) in [6.45, 7) is 6.11. The van der Waals surface area contributed by atoms with Gasteiger partial charge in [-0.15, -0.1) is 0 Å². The topological polar surface area (TPSA) is 82.1 Å². The maximum Gasteiger partial charge on any atom is 0.410 e. The Morgan fingerprint density at radius 1 is 0.955 bits per heavy atom. The van der Waals surface area contributed by atoms with Crippen molar-refractivity contribution in [3.63, 3.8) is 0 Å². The van der Waals surface area contributed by atoms with E-state index >= 15 is 0 Å². The van der Waals surface area contributed by atoms with Crippen molar-refractivity contribution < 1.29 is 28.6 Å². The van der Waals surface area contributed by atoms with Crippen molar-refractivity contribution in [1.82, 2.24) is 4.90 Å². The van der Waals surface area contributed by atoms with Crippen LogP contribution in [0.3, 0.4) is 0 Å². The summed E-state index contributed by atoms with van der Waals surface area (Å²) in [5.74, 6) is -0.991. The van der Waals surface area contributed by atoms with Crippen molar-refractivity contribution >= 4 is 18.0 Å². The minimum atomic E-state index is -0.588. The van der Waals surface area contributed by atoms with Gasteiger partial charge in [-0.2, -0.15) is 0 Å². The number of esters is 2. The van der Waals surface area contributed by atoms with Crippen LogP contribution in [0.2, 0.25) is 0 Å². The number of nitrogens with zero attached hydrogens (tertiary/aromatic N) is 1. The Bertz CT molecular complexity index is 402. The molecule has 1 aliphatic rings. The number of amides is 1. The Morgan fingerprint density at radius 3 is 1.68 bits per heavy atom. The molecule has 0 radical (unpaired) electrons. The number of hydrogen-bond acceptors (Lipinski definition) is 6. The second-order valence-electron chi connectivity index (χ2n) is 6.47. The summed E-state index contributed by atoms with van der Waals surface area (Å²) in [4.78, 5) is 36.7. The largest absolute Gasteiger partial charge is 0.469 e. The molecule has 1 aliphatic heterocycles. The van der Waals surface area contributed by atoms with Gasteiger partial charge in [0.2, 0.25) is 0 Å². The SMILES string of the molecule is COC(=O)CC1CN(C(=O)OC(C)(C)C)CC1CC(=O)OC. The highest BCUT2D eigenvalue weighted by Crippen LogP contribution is 2.30. The minimum Gasteiger partial charge on any atom is -0.469 e. The maximum absolute atomic E-state index is 12.1. The zero-order valence-electron chi connectivity index (χ0n) is 13.9. The summed E-state index contributed by atoms with van der Waals surface area (Å²) in [6.07, 6.45) is -0.107. The lowest BCUT2D eigenvalue weighted by Crippen LogP contribution is -2.35.